The second kappa shape index (κ2) is 8.78. The molecule has 1 aromatic heterocycles. The Kier molecular flexibility index (Phi) is 6.62. The summed E-state index contributed by atoms with van der Waals surface area (Å²) >= 11 is 0. The number of aromatic nitrogens is 2. The summed E-state index contributed by atoms with van der Waals surface area (Å²) in [5.41, 5.74) is 3.67. The van der Waals surface area contributed by atoms with E-state index >= 15 is 0 Å². The van der Waals surface area contributed by atoms with Crippen molar-refractivity contribution in [2.24, 2.45) is 0 Å². The fourth-order valence-electron chi connectivity index (χ4n) is 2.78. The molecule has 0 amide bonds. The molecule has 110 valence electrons. The van der Waals surface area contributed by atoms with Gasteiger partial charge in [0, 0.05) is 0 Å². The molecular formula is C18H28N2. The summed E-state index contributed by atoms with van der Waals surface area (Å²) in [6.45, 7) is 2.28. The second-order valence-electron chi connectivity index (χ2n) is 5.83. The van der Waals surface area contributed by atoms with Crippen molar-refractivity contribution in [1.82, 2.24) is 9.97 Å². The summed E-state index contributed by atoms with van der Waals surface area (Å²) in [4.78, 5) is 7.44. The van der Waals surface area contributed by atoms with E-state index in [1.165, 1.54) is 75.3 Å². The van der Waals surface area contributed by atoms with Crippen molar-refractivity contribution in [3.63, 3.8) is 0 Å². The molecule has 1 N–H and O–H groups in total. The molecule has 0 bridgehead atoms. The summed E-state index contributed by atoms with van der Waals surface area (Å²) in [6.07, 6.45) is 15.5. The quantitative estimate of drug-likeness (QED) is 0.557. The number of hydrogen-bond acceptors (Lipinski definition) is 1. The number of nitrogens with zero attached hydrogens (tertiary/aromatic N) is 1. The van der Waals surface area contributed by atoms with Crippen LogP contribution in [0.5, 0.6) is 0 Å². The molecule has 2 aromatic rings. The van der Waals surface area contributed by atoms with E-state index < -0.39 is 0 Å². The molecule has 0 radical (unpaired) electrons. The fourth-order valence-corrected chi connectivity index (χ4v) is 2.78. The Morgan fingerprint density at radius 3 is 2.35 bits per heavy atom. The number of fused-ring (bicyclic) bond motifs is 1. The van der Waals surface area contributed by atoms with Crippen LogP contribution in [-0.4, -0.2) is 9.97 Å². The third-order valence-corrected chi connectivity index (χ3v) is 4.05. The minimum Gasteiger partial charge on any atom is -0.345 e. The van der Waals surface area contributed by atoms with Crippen molar-refractivity contribution in [3.8, 4) is 0 Å². The topological polar surface area (TPSA) is 28.7 Å². The molecule has 2 heteroatoms. The normalized spacial score (nSPS) is 11.2. The standard InChI is InChI=1S/C18H28N2/c1-2-3-4-5-6-7-8-9-10-11-16-12-13-17-18(14-16)20-15-19-17/h12-15H,2-11H2,1H3,(H,19,20). The number of aromatic amines is 1. The van der Waals surface area contributed by atoms with Gasteiger partial charge in [0.05, 0.1) is 17.4 Å². The largest absolute Gasteiger partial charge is 0.345 e. The van der Waals surface area contributed by atoms with Crippen LogP contribution in [0, 0.1) is 0 Å². The number of hydrogen-bond donors (Lipinski definition) is 1. The number of imidazole rings is 1. The predicted octanol–water partition coefficient (Wildman–Crippen LogP) is 5.64. The summed E-state index contributed by atoms with van der Waals surface area (Å²) in [5.74, 6) is 0. The number of H-pyrrole nitrogens is 1. The lowest BCUT2D eigenvalue weighted by molar-refractivity contribution is 0.565. The lowest BCUT2D eigenvalue weighted by Crippen LogP contribution is -1.87. The van der Waals surface area contributed by atoms with Gasteiger partial charge in [-0.25, -0.2) is 4.98 Å². The molecule has 0 unspecified atom stereocenters. The molecule has 0 saturated carbocycles. The van der Waals surface area contributed by atoms with Crippen LogP contribution in [0.4, 0.5) is 0 Å². The Morgan fingerprint density at radius 1 is 0.900 bits per heavy atom. The number of benzene rings is 1. The van der Waals surface area contributed by atoms with E-state index in [0.717, 1.165) is 5.52 Å². The van der Waals surface area contributed by atoms with Crippen LogP contribution in [0.3, 0.4) is 0 Å². The predicted molar refractivity (Wildman–Crippen MR) is 87.0 cm³/mol. The van der Waals surface area contributed by atoms with Crippen molar-refractivity contribution in [2.75, 3.05) is 0 Å². The van der Waals surface area contributed by atoms with Gasteiger partial charge in [-0.1, -0.05) is 64.4 Å². The maximum Gasteiger partial charge on any atom is 0.0931 e. The van der Waals surface area contributed by atoms with Gasteiger partial charge in [0.1, 0.15) is 0 Å². The van der Waals surface area contributed by atoms with E-state index in [9.17, 15) is 0 Å². The third kappa shape index (κ3) is 4.99. The van der Waals surface area contributed by atoms with Gasteiger partial charge >= 0.3 is 0 Å². The highest BCUT2D eigenvalue weighted by Crippen LogP contribution is 2.15. The summed E-state index contributed by atoms with van der Waals surface area (Å²) < 4.78 is 0. The lowest BCUT2D eigenvalue weighted by Gasteiger charge is -2.03. The zero-order valence-corrected chi connectivity index (χ0v) is 12.8. The molecule has 2 nitrogen and oxygen atoms in total. The Hall–Kier alpha value is -1.31. The van der Waals surface area contributed by atoms with Crippen LogP contribution in [0.1, 0.15) is 70.3 Å². The van der Waals surface area contributed by atoms with Gasteiger partial charge in [0.2, 0.25) is 0 Å². The van der Waals surface area contributed by atoms with Crippen LogP contribution < -0.4 is 0 Å². The lowest BCUT2D eigenvalue weighted by atomic mass is 10.0. The average Bonchev–Trinajstić information content (AvgIpc) is 2.93. The number of aryl methyl sites for hydroxylation is 1. The summed E-state index contributed by atoms with van der Waals surface area (Å²) in [7, 11) is 0. The van der Waals surface area contributed by atoms with E-state index in [0.29, 0.717) is 0 Å². The highest BCUT2D eigenvalue weighted by Gasteiger charge is 1.99. The SMILES string of the molecule is CCCCCCCCCCCc1ccc2nc[nH]c2c1. The molecule has 20 heavy (non-hydrogen) atoms. The minimum atomic E-state index is 1.07. The first-order chi connectivity index (χ1) is 9.90. The van der Waals surface area contributed by atoms with Crippen LogP contribution in [-0.2, 0) is 6.42 Å². The minimum absolute atomic E-state index is 1.07. The fraction of sp³-hybridized carbons (Fsp3) is 0.611. The zero-order valence-electron chi connectivity index (χ0n) is 12.8. The molecule has 0 aliphatic heterocycles. The van der Waals surface area contributed by atoms with Crippen molar-refractivity contribution in [2.45, 2.75) is 71.1 Å². The van der Waals surface area contributed by atoms with Gasteiger partial charge in [-0.15, -0.1) is 0 Å². The molecule has 1 aromatic carbocycles. The first-order valence-electron chi connectivity index (χ1n) is 8.32. The number of rotatable bonds is 10. The molecule has 0 aliphatic carbocycles. The average molecular weight is 272 g/mol. The van der Waals surface area contributed by atoms with E-state index in [2.05, 4.69) is 35.1 Å². The number of nitrogens with one attached hydrogen (secondary N) is 1. The maximum absolute atomic E-state index is 4.26. The highest BCUT2D eigenvalue weighted by molar-refractivity contribution is 5.74. The zero-order chi connectivity index (χ0) is 14.0. The molecule has 0 spiro atoms. The van der Waals surface area contributed by atoms with Gasteiger partial charge in [0.25, 0.3) is 0 Å². The molecule has 0 aliphatic rings. The molecule has 0 atom stereocenters. The van der Waals surface area contributed by atoms with Crippen molar-refractivity contribution in [1.29, 1.82) is 0 Å². The summed E-state index contributed by atoms with van der Waals surface area (Å²) in [6, 6.07) is 6.58. The Morgan fingerprint density at radius 2 is 1.60 bits per heavy atom. The van der Waals surface area contributed by atoms with Crippen LogP contribution >= 0.6 is 0 Å². The smallest absolute Gasteiger partial charge is 0.0931 e. The van der Waals surface area contributed by atoms with Crippen molar-refractivity contribution >= 4 is 11.0 Å². The monoisotopic (exact) mass is 272 g/mol. The van der Waals surface area contributed by atoms with Crippen LogP contribution in [0.15, 0.2) is 24.5 Å². The van der Waals surface area contributed by atoms with Gasteiger partial charge in [-0.2, -0.15) is 0 Å². The maximum atomic E-state index is 4.26. The van der Waals surface area contributed by atoms with Gasteiger partial charge in [0.15, 0.2) is 0 Å². The summed E-state index contributed by atoms with van der Waals surface area (Å²) in [5, 5.41) is 0. The van der Waals surface area contributed by atoms with Gasteiger partial charge < -0.3 is 4.98 Å². The molecular weight excluding hydrogens is 244 g/mol. The van der Waals surface area contributed by atoms with E-state index in [4.69, 9.17) is 0 Å². The Labute approximate surface area is 123 Å². The third-order valence-electron chi connectivity index (χ3n) is 4.05. The molecule has 2 rings (SSSR count). The molecule has 0 saturated heterocycles. The Bertz CT molecular complexity index is 487. The van der Waals surface area contributed by atoms with Crippen LogP contribution in [0.25, 0.3) is 11.0 Å². The van der Waals surface area contributed by atoms with E-state index in [-0.39, 0.29) is 0 Å². The first-order valence-corrected chi connectivity index (χ1v) is 8.32. The van der Waals surface area contributed by atoms with Crippen LogP contribution in [0.2, 0.25) is 0 Å². The number of unbranched alkanes of at least 4 members (excludes halogenated alkanes) is 8. The van der Waals surface area contributed by atoms with Crippen molar-refractivity contribution < 1.29 is 0 Å². The van der Waals surface area contributed by atoms with E-state index in [1.807, 2.05) is 0 Å². The first kappa shape index (κ1) is 15.1. The van der Waals surface area contributed by atoms with E-state index in [1.54, 1.807) is 6.33 Å². The Balaban J connectivity index is 1.54. The van der Waals surface area contributed by atoms with Crippen molar-refractivity contribution in [3.05, 3.63) is 30.1 Å². The molecule has 1 heterocycles. The molecule has 0 fully saturated rings. The van der Waals surface area contributed by atoms with Gasteiger partial charge in [-0.05, 0) is 30.5 Å². The second-order valence-corrected chi connectivity index (χ2v) is 5.83. The van der Waals surface area contributed by atoms with Gasteiger partial charge in [-0.3, -0.25) is 0 Å². The highest BCUT2D eigenvalue weighted by atomic mass is 14.9.